The zero-order valence-electron chi connectivity index (χ0n) is 18.4. The number of hydrogen-bond acceptors (Lipinski definition) is 5. The molecule has 32 heavy (non-hydrogen) atoms. The van der Waals surface area contributed by atoms with Crippen LogP contribution in [0.2, 0.25) is 0 Å². The molecule has 1 amide bonds. The number of anilines is 1. The number of aromatic amines is 1. The molecule has 0 radical (unpaired) electrons. The minimum atomic E-state index is -0.254. The average molecular weight is 436 g/mol. The van der Waals surface area contributed by atoms with Crippen LogP contribution in [-0.4, -0.2) is 26.0 Å². The normalized spacial score (nSPS) is 11.8. The van der Waals surface area contributed by atoms with Crippen molar-refractivity contribution >= 4 is 22.6 Å². The van der Waals surface area contributed by atoms with Gasteiger partial charge in [-0.05, 0) is 36.2 Å². The maximum absolute atomic E-state index is 13.9. The highest BCUT2D eigenvalue weighted by molar-refractivity contribution is 5.93. The Kier molecular flexibility index (Phi) is 6.03. The van der Waals surface area contributed by atoms with Crippen molar-refractivity contribution in [2.75, 3.05) is 5.32 Å². The minimum Gasteiger partial charge on any atom is -0.342 e. The number of rotatable bonds is 7. The average Bonchev–Trinajstić information content (AvgIpc) is 3.36. The molecule has 0 fully saturated rings. The van der Waals surface area contributed by atoms with Gasteiger partial charge in [0, 0.05) is 30.4 Å². The third-order valence-electron chi connectivity index (χ3n) is 5.06. The van der Waals surface area contributed by atoms with E-state index in [4.69, 9.17) is 4.52 Å². The molecule has 0 unspecified atom stereocenters. The highest BCUT2D eigenvalue weighted by atomic mass is 19.1. The minimum absolute atomic E-state index is 0.0917. The first kappa shape index (κ1) is 21.7. The first-order valence-corrected chi connectivity index (χ1v) is 10.6. The molecule has 8 heteroatoms. The van der Waals surface area contributed by atoms with E-state index in [0.29, 0.717) is 54.5 Å². The van der Waals surface area contributed by atoms with Crippen LogP contribution < -0.4 is 5.32 Å². The summed E-state index contributed by atoms with van der Waals surface area (Å²) in [5.41, 5.74) is 2.64. The standard InChI is InChI=1S/C24H26FN5O2/c1-24(2,3)23-29-22(32-30-23)10-6-9-21(31)26-16-11-12-18-19(14-16)28-20(27-18)13-15-7-4-5-8-17(15)25/h4-5,7-8,11-12,14H,6,9-10,13H2,1-3H3,(H,26,31)(H,27,28). The predicted molar refractivity (Wildman–Crippen MR) is 120 cm³/mol. The second-order valence-electron chi connectivity index (χ2n) is 8.85. The Labute approximate surface area is 185 Å². The molecule has 7 nitrogen and oxygen atoms in total. The van der Waals surface area contributed by atoms with Crippen molar-refractivity contribution in [3.05, 3.63) is 71.4 Å². The molecule has 0 saturated carbocycles. The van der Waals surface area contributed by atoms with E-state index in [0.717, 1.165) is 11.0 Å². The third-order valence-corrected chi connectivity index (χ3v) is 5.06. The summed E-state index contributed by atoms with van der Waals surface area (Å²) in [4.78, 5) is 24.5. The summed E-state index contributed by atoms with van der Waals surface area (Å²) in [5, 5.41) is 6.90. The van der Waals surface area contributed by atoms with Gasteiger partial charge in [0.15, 0.2) is 5.82 Å². The molecule has 0 saturated heterocycles. The largest absolute Gasteiger partial charge is 0.342 e. The molecule has 0 aliphatic rings. The number of fused-ring (bicyclic) bond motifs is 1. The van der Waals surface area contributed by atoms with Gasteiger partial charge in [-0.3, -0.25) is 4.79 Å². The summed E-state index contributed by atoms with van der Waals surface area (Å²) in [7, 11) is 0. The molecule has 2 aromatic carbocycles. The van der Waals surface area contributed by atoms with Crippen molar-refractivity contribution in [1.82, 2.24) is 20.1 Å². The van der Waals surface area contributed by atoms with Crippen LogP contribution in [0.1, 0.15) is 56.7 Å². The smallest absolute Gasteiger partial charge is 0.226 e. The van der Waals surface area contributed by atoms with Crippen LogP contribution in [0.3, 0.4) is 0 Å². The number of imidazole rings is 1. The Morgan fingerprint density at radius 1 is 1.16 bits per heavy atom. The first-order valence-electron chi connectivity index (χ1n) is 10.6. The fraction of sp³-hybridized carbons (Fsp3) is 0.333. The molecular weight excluding hydrogens is 409 g/mol. The summed E-state index contributed by atoms with van der Waals surface area (Å²) >= 11 is 0. The van der Waals surface area contributed by atoms with Crippen LogP contribution >= 0.6 is 0 Å². The van der Waals surface area contributed by atoms with Gasteiger partial charge >= 0.3 is 0 Å². The number of aryl methyl sites for hydroxylation is 1. The summed E-state index contributed by atoms with van der Waals surface area (Å²) < 4.78 is 19.2. The van der Waals surface area contributed by atoms with Crippen molar-refractivity contribution in [3.63, 3.8) is 0 Å². The molecule has 2 aromatic heterocycles. The van der Waals surface area contributed by atoms with Crippen molar-refractivity contribution in [2.45, 2.75) is 51.9 Å². The number of hydrogen-bond donors (Lipinski definition) is 2. The van der Waals surface area contributed by atoms with Crippen LogP contribution in [0, 0.1) is 5.82 Å². The lowest BCUT2D eigenvalue weighted by Crippen LogP contribution is -2.13. The highest BCUT2D eigenvalue weighted by Gasteiger charge is 2.20. The maximum atomic E-state index is 13.9. The number of amides is 1. The molecule has 0 spiro atoms. The van der Waals surface area contributed by atoms with Crippen molar-refractivity contribution in [1.29, 1.82) is 0 Å². The van der Waals surface area contributed by atoms with E-state index < -0.39 is 0 Å². The van der Waals surface area contributed by atoms with E-state index in [1.54, 1.807) is 18.2 Å². The molecular formula is C24H26FN5O2. The number of benzene rings is 2. The molecule has 0 atom stereocenters. The third kappa shape index (κ3) is 5.19. The van der Waals surface area contributed by atoms with E-state index in [1.807, 2.05) is 39.0 Å². The fourth-order valence-corrected chi connectivity index (χ4v) is 3.33. The van der Waals surface area contributed by atoms with Crippen molar-refractivity contribution < 1.29 is 13.7 Å². The summed E-state index contributed by atoms with van der Waals surface area (Å²) in [6, 6.07) is 12.1. The maximum Gasteiger partial charge on any atom is 0.226 e. The van der Waals surface area contributed by atoms with Gasteiger partial charge in [-0.15, -0.1) is 0 Å². The van der Waals surface area contributed by atoms with Gasteiger partial charge in [0.1, 0.15) is 11.6 Å². The molecule has 4 aromatic rings. The van der Waals surface area contributed by atoms with Gasteiger partial charge in [0.2, 0.25) is 11.8 Å². The SMILES string of the molecule is CC(C)(C)c1noc(CCCC(=O)Nc2ccc3nc(Cc4ccccc4F)[nH]c3c2)n1. The number of nitrogens with one attached hydrogen (secondary N) is 2. The van der Waals surface area contributed by atoms with E-state index in [-0.39, 0.29) is 17.1 Å². The Morgan fingerprint density at radius 2 is 1.97 bits per heavy atom. The van der Waals surface area contributed by atoms with Gasteiger partial charge in [-0.25, -0.2) is 9.37 Å². The van der Waals surface area contributed by atoms with Crippen molar-refractivity contribution in [2.24, 2.45) is 0 Å². The molecule has 0 aliphatic heterocycles. The van der Waals surface area contributed by atoms with Gasteiger partial charge in [-0.2, -0.15) is 4.98 Å². The quantitative estimate of drug-likeness (QED) is 0.429. The van der Waals surface area contributed by atoms with Crippen LogP contribution in [0.15, 0.2) is 47.0 Å². The van der Waals surface area contributed by atoms with Crippen LogP contribution in [0.4, 0.5) is 10.1 Å². The van der Waals surface area contributed by atoms with Gasteiger partial charge in [-0.1, -0.05) is 44.1 Å². The number of nitrogens with zero attached hydrogens (tertiary/aromatic N) is 3. The van der Waals surface area contributed by atoms with Crippen molar-refractivity contribution in [3.8, 4) is 0 Å². The predicted octanol–water partition coefficient (Wildman–Crippen LogP) is 4.93. The Hall–Kier alpha value is -3.55. The Morgan fingerprint density at radius 3 is 2.72 bits per heavy atom. The molecule has 0 aliphatic carbocycles. The Balaban J connectivity index is 1.33. The number of aromatic nitrogens is 4. The lowest BCUT2D eigenvalue weighted by Gasteiger charge is -2.10. The van der Waals surface area contributed by atoms with Crippen LogP contribution in [0.5, 0.6) is 0 Å². The second-order valence-corrected chi connectivity index (χ2v) is 8.85. The fourth-order valence-electron chi connectivity index (χ4n) is 3.33. The van der Waals surface area contributed by atoms with E-state index in [2.05, 4.69) is 25.4 Å². The van der Waals surface area contributed by atoms with Gasteiger partial charge < -0.3 is 14.8 Å². The number of carbonyl (C=O) groups excluding carboxylic acids is 1. The zero-order chi connectivity index (χ0) is 22.7. The monoisotopic (exact) mass is 435 g/mol. The van der Waals surface area contributed by atoms with Gasteiger partial charge in [0.05, 0.1) is 11.0 Å². The molecule has 166 valence electrons. The molecule has 2 heterocycles. The zero-order valence-corrected chi connectivity index (χ0v) is 18.4. The topological polar surface area (TPSA) is 96.7 Å². The Bertz CT molecular complexity index is 1240. The lowest BCUT2D eigenvalue weighted by atomic mass is 9.96. The summed E-state index contributed by atoms with van der Waals surface area (Å²) in [6.45, 7) is 6.07. The van der Waals surface area contributed by atoms with Crippen LogP contribution in [0.25, 0.3) is 11.0 Å². The molecule has 2 N–H and O–H groups in total. The van der Waals surface area contributed by atoms with E-state index in [9.17, 15) is 9.18 Å². The summed E-state index contributed by atoms with van der Waals surface area (Å²) in [6.07, 6.45) is 1.87. The number of H-pyrrole nitrogens is 1. The summed E-state index contributed by atoms with van der Waals surface area (Å²) in [5.74, 6) is 1.54. The lowest BCUT2D eigenvalue weighted by molar-refractivity contribution is -0.116. The molecule has 0 bridgehead atoms. The number of carbonyl (C=O) groups is 1. The highest BCUT2D eigenvalue weighted by Crippen LogP contribution is 2.21. The molecule has 4 rings (SSSR count). The second kappa shape index (κ2) is 8.90. The van der Waals surface area contributed by atoms with E-state index in [1.165, 1.54) is 6.07 Å². The van der Waals surface area contributed by atoms with Gasteiger partial charge in [0.25, 0.3) is 0 Å². The van der Waals surface area contributed by atoms with Crippen LogP contribution in [-0.2, 0) is 23.1 Å². The van der Waals surface area contributed by atoms with E-state index >= 15 is 0 Å². The number of halogens is 1. The first-order chi connectivity index (χ1) is 15.3.